The predicted molar refractivity (Wildman–Crippen MR) is 77.2 cm³/mol. The van der Waals surface area contributed by atoms with Gasteiger partial charge in [0.2, 0.25) is 5.82 Å². The number of hydrogen-bond donors (Lipinski definition) is 2. The zero-order valence-corrected chi connectivity index (χ0v) is 12.7. The number of ether oxygens (including phenoxy) is 1. The Bertz CT molecular complexity index is 688. The number of nitrogens with one attached hydrogen (secondary N) is 2. The number of methoxy groups -OCH3 is 1. The minimum absolute atomic E-state index is 0.254. The van der Waals surface area contributed by atoms with Crippen LogP contribution in [-0.4, -0.2) is 45.1 Å². The molecule has 1 saturated carbocycles. The van der Waals surface area contributed by atoms with Crippen LogP contribution >= 0.6 is 0 Å². The lowest BCUT2D eigenvalue weighted by Gasteiger charge is -2.35. The molecule has 0 aliphatic heterocycles. The molecule has 0 aromatic carbocycles. The van der Waals surface area contributed by atoms with E-state index in [1.807, 2.05) is 0 Å². The van der Waals surface area contributed by atoms with Gasteiger partial charge in [-0.1, -0.05) is 19.3 Å². The molecular formula is C14H17N5O4. The molecule has 2 heterocycles. The van der Waals surface area contributed by atoms with Gasteiger partial charge in [0.25, 0.3) is 5.91 Å². The van der Waals surface area contributed by atoms with Crippen molar-refractivity contribution in [2.24, 2.45) is 0 Å². The van der Waals surface area contributed by atoms with Crippen LogP contribution in [0.25, 0.3) is 11.6 Å². The average molecular weight is 319 g/mol. The van der Waals surface area contributed by atoms with Gasteiger partial charge in [-0.2, -0.15) is 5.21 Å². The lowest BCUT2D eigenvalue weighted by Crippen LogP contribution is -2.56. The summed E-state index contributed by atoms with van der Waals surface area (Å²) in [5, 5.41) is 16.1. The fraction of sp³-hybridized carbons (Fsp3) is 0.500. The first-order valence-corrected chi connectivity index (χ1v) is 7.38. The Hall–Kier alpha value is -2.71. The van der Waals surface area contributed by atoms with E-state index in [1.165, 1.54) is 19.4 Å². The quantitative estimate of drug-likeness (QED) is 0.808. The van der Waals surface area contributed by atoms with E-state index in [1.54, 1.807) is 0 Å². The molecule has 2 aromatic heterocycles. The van der Waals surface area contributed by atoms with E-state index >= 15 is 0 Å². The minimum atomic E-state index is -0.965. The number of furan rings is 1. The van der Waals surface area contributed by atoms with Gasteiger partial charge < -0.3 is 14.5 Å². The van der Waals surface area contributed by atoms with Crippen LogP contribution in [0.15, 0.2) is 16.7 Å². The third-order valence-electron chi connectivity index (χ3n) is 4.06. The smallest absolute Gasteiger partial charge is 0.331 e. The van der Waals surface area contributed by atoms with E-state index in [-0.39, 0.29) is 5.82 Å². The molecule has 9 heteroatoms. The van der Waals surface area contributed by atoms with Gasteiger partial charge in [-0.3, -0.25) is 4.79 Å². The monoisotopic (exact) mass is 319 g/mol. The number of H-pyrrole nitrogens is 1. The van der Waals surface area contributed by atoms with Crippen molar-refractivity contribution < 1.29 is 18.7 Å². The first kappa shape index (κ1) is 15.2. The Morgan fingerprint density at radius 3 is 2.78 bits per heavy atom. The molecule has 0 spiro atoms. The highest BCUT2D eigenvalue weighted by Crippen LogP contribution is 2.30. The first-order chi connectivity index (χ1) is 11.1. The molecule has 9 nitrogen and oxygen atoms in total. The summed E-state index contributed by atoms with van der Waals surface area (Å²) < 4.78 is 10.2. The molecule has 122 valence electrons. The highest BCUT2D eigenvalue weighted by molar-refractivity contribution is 5.98. The molecule has 0 radical (unpaired) electrons. The summed E-state index contributed by atoms with van der Waals surface area (Å²) in [5.74, 6) is -0.229. The molecule has 0 atom stereocenters. The average Bonchev–Trinajstić information content (AvgIpc) is 3.25. The third kappa shape index (κ3) is 2.94. The molecule has 1 amide bonds. The van der Waals surface area contributed by atoms with Gasteiger partial charge in [0, 0.05) is 6.07 Å². The number of esters is 1. The molecule has 0 unspecified atom stereocenters. The molecule has 1 aliphatic carbocycles. The van der Waals surface area contributed by atoms with Gasteiger partial charge in [-0.15, -0.1) is 10.2 Å². The van der Waals surface area contributed by atoms with Crippen molar-refractivity contribution in [1.29, 1.82) is 0 Å². The van der Waals surface area contributed by atoms with Crippen molar-refractivity contribution in [1.82, 2.24) is 25.9 Å². The van der Waals surface area contributed by atoms with Crippen LogP contribution in [-0.2, 0) is 9.53 Å². The predicted octanol–water partition coefficient (Wildman–Crippen LogP) is 1.07. The van der Waals surface area contributed by atoms with E-state index < -0.39 is 17.4 Å². The second-order valence-corrected chi connectivity index (χ2v) is 5.52. The molecule has 3 rings (SSSR count). The van der Waals surface area contributed by atoms with E-state index in [4.69, 9.17) is 9.15 Å². The van der Waals surface area contributed by atoms with Crippen molar-refractivity contribution >= 4 is 11.9 Å². The summed E-state index contributed by atoms with van der Waals surface area (Å²) in [6, 6.07) is 1.51. The zero-order chi connectivity index (χ0) is 16.3. The number of amides is 1. The van der Waals surface area contributed by atoms with Crippen LogP contribution in [0.2, 0.25) is 0 Å². The maximum atomic E-state index is 12.5. The number of carbonyl (C=O) groups is 2. The van der Waals surface area contributed by atoms with Crippen molar-refractivity contribution in [3.63, 3.8) is 0 Å². The number of aromatic amines is 1. The number of tetrazole rings is 1. The Kier molecular flexibility index (Phi) is 4.09. The van der Waals surface area contributed by atoms with Crippen LogP contribution in [0.3, 0.4) is 0 Å². The Morgan fingerprint density at radius 2 is 2.13 bits per heavy atom. The van der Waals surface area contributed by atoms with Gasteiger partial charge in [-0.05, 0) is 18.1 Å². The SMILES string of the molecule is COC(=O)C1(NC(=O)c2coc(-c3nn[nH]n3)c2)CCCCC1. The summed E-state index contributed by atoms with van der Waals surface area (Å²) in [4.78, 5) is 24.6. The van der Waals surface area contributed by atoms with Crippen LogP contribution in [0, 0.1) is 0 Å². The normalized spacial score (nSPS) is 16.7. The van der Waals surface area contributed by atoms with Gasteiger partial charge in [0.05, 0.1) is 12.7 Å². The fourth-order valence-electron chi connectivity index (χ4n) is 2.86. The maximum absolute atomic E-state index is 12.5. The second-order valence-electron chi connectivity index (χ2n) is 5.52. The van der Waals surface area contributed by atoms with Gasteiger partial charge in [0.1, 0.15) is 11.8 Å². The Labute approximate surface area is 131 Å². The molecule has 0 saturated heterocycles. The summed E-state index contributed by atoms with van der Waals surface area (Å²) in [6.07, 6.45) is 5.23. The van der Waals surface area contributed by atoms with E-state index in [2.05, 4.69) is 25.9 Å². The number of carbonyl (C=O) groups excluding carboxylic acids is 2. The lowest BCUT2D eigenvalue weighted by molar-refractivity contribution is -0.149. The minimum Gasteiger partial charge on any atom is -0.467 e. The Balaban J connectivity index is 1.78. The standard InChI is InChI=1S/C14H17N5O4/c1-22-13(21)14(5-3-2-4-6-14)15-12(20)9-7-10(23-8-9)11-16-18-19-17-11/h7-8H,2-6H2,1H3,(H,15,20)(H,16,17,18,19). The van der Waals surface area contributed by atoms with Gasteiger partial charge in [0.15, 0.2) is 5.76 Å². The summed E-state index contributed by atoms with van der Waals surface area (Å²) in [6.45, 7) is 0. The molecule has 23 heavy (non-hydrogen) atoms. The van der Waals surface area contributed by atoms with Crippen molar-refractivity contribution in [2.75, 3.05) is 7.11 Å². The van der Waals surface area contributed by atoms with Crippen molar-refractivity contribution in [3.05, 3.63) is 17.9 Å². The van der Waals surface area contributed by atoms with Crippen LogP contribution < -0.4 is 5.32 Å². The van der Waals surface area contributed by atoms with E-state index in [0.717, 1.165) is 19.3 Å². The van der Waals surface area contributed by atoms with Crippen LogP contribution in [0.1, 0.15) is 42.5 Å². The third-order valence-corrected chi connectivity index (χ3v) is 4.06. The zero-order valence-electron chi connectivity index (χ0n) is 12.7. The van der Waals surface area contributed by atoms with Crippen molar-refractivity contribution in [2.45, 2.75) is 37.6 Å². The van der Waals surface area contributed by atoms with E-state index in [9.17, 15) is 9.59 Å². The second kappa shape index (κ2) is 6.19. The van der Waals surface area contributed by atoms with Gasteiger partial charge >= 0.3 is 5.97 Å². The molecule has 1 fully saturated rings. The highest BCUT2D eigenvalue weighted by Gasteiger charge is 2.42. The number of aromatic nitrogens is 4. The van der Waals surface area contributed by atoms with Crippen molar-refractivity contribution in [3.8, 4) is 11.6 Å². The number of nitrogens with zero attached hydrogens (tertiary/aromatic N) is 3. The first-order valence-electron chi connectivity index (χ1n) is 7.38. The summed E-state index contributed by atoms with van der Waals surface area (Å²) >= 11 is 0. The lowest BCUT2D eigenvalue weighted by atomic mass is 9.81. The highest BCUT2D eigenvalue weighted by atomic mass is 16.5. The van der Waals surface area contributed by atoms with Gasteiger partial charge in [-0.25, -0.2) is 4.79 Å². The van der Waals surface area contributed by atoms with E-state index in [0.29, 0.717) is 24.2 Å². The number of hydrogen-bond acceptors (Lipinski definition) is 7. The molecule has 2 aromatic rings. The maximum Gasteiger partial charge on any atom is 0.331 e. The summed E-state index contributed by atoms with van der Waals surface area (Å²) in [7, 11) is 1.33. The molecular weight excluding hydrogens is 302 g/mol. The summed E-state index contributed by atoms with van der Waals surface area (Å²) in [5.41, 5.74) is -0.674. The van der Waals surface area contributed by atoms with Crippen LogP contribution in [0.5, 0.6) is 0 Å². The fourth-order valence-corrected chi connectivity index (χ4v) is 2.86. The largest absolute Gasteiger partial charge is 0.467 e. The van der Waals surface area contributed by atoms with Crippen LogP contribution in [0.4, 0.5) is 0 Å². The molecule has 0 bridgehead atoms. The topological polar surface area (TPSA) is 123 Å². The number of rotatable bonds is 4. The molecule has 1 aliphatic rings. The Morgan fingerprint density at radius 1 is 1.35 bits per heavy atom. The molecule has 2 N–H and O–H groups in total.